The molecule has 7 nitrogen and oxygen atoms in total. The van der Waals surface area contributed by atoms with E-state index in [4.69, 9.17) is 9.47 Å². The summed E-state index contributed by atoms with van der Waals surface area (Å²) < 4.78 is 26.8. The Kier molecular flexibility index (Phi) is 5.89. The summed E-state index contributed by atoms with van der Waals surface area (Å²) in [6, 6.07) is 6.17. The number of ether oxygens (including phenoxy) is 2. The number of cyclic esters (lactones) is 1. The molecule has 2 aromatic rings. The second-order valence-electron chi connectivity index (χ2n) is 7.36. The molecule has 2 aliphatic rings. The number of carbonyl (C=O) groups is 2. The smallest absolute Gasteiger partial charge is 0.328 e. The number of nitrogens with one attached hydrogen (secondary N) is 1. The summed E-state index contributed by atoms with van der Waals surface area (Å²) in [4.78, 5) is 23.6. The van der Waals surface area contributed by atoms with Gasteiger partial charge >= 0.3 is 5.97 Å². The SMILES string of the molecule is O=C(CCc1cc(-c2ccnn2[C@@H]2CCCCO2)ccc1F)N[C@@H]1CCOC1=O. The van der Waals surface area contributed by atoms with Crippen molar-refractivity contribution < 1.29 is 23.5 Å². The van der Waals surface area contributed by atoms with Crippen LogP contribution in [-0.2, 0) is 25.5 Å². The third kappa shape index (κ3) is 4.48. The molecule has 0 bridgehead atoms. The molecule has 2 atom stereocenters. The Bertz CT molecular complexity index is 892. The van der Waals surface area contributed by atoms with Crippen LogP contribution in [0.5, 0.6) is 0 Å². The standard InChI is InChI=1S/C21H24FN3O4/c22-16-6-4-15(18-8-10-23-25(18)20-3-1-2-11-28-20)13-14(16)5-7-19(26)24-17-9-12-29-21(17)27/h4,6,8,10,13,17,20H,1-3,5,7,9,11-12H2,(H,24,26)/t17-,20+/m1/s1. The van der Waals surface area contributed by atoms with Crippen LogP contribution in [0.2, 0.25) is 0 Å². The molecule has 3 heterocycles. The number of nitrogens with zero attached hydrogens (tertiary/aromatic N) is 2. The van der Waals surface area contributed by atoms with E-state index in [0.717, 1.165) is 30.5 Å². The van der Waals surface area contributed by atoms with Crippen molar-refractivity contribution >= 4 is 11.9 Å². The van der Waals surface area contributed by atoms with Gasteiger partial charge in [0.1, 0.15) is 11.9 Å². The minimum Gasteiger partial charge on any atom is -0.464 e. The molecule has 8 heteroatoms. The van der Waals surface area contributed by atoms with Crippen molar-refractivity contribution in [1.29, 1.82) is 0 Å². The highest BCUT2D eigenvalue weighted by molar-refractivity contribution is 5.85. The van der Waals surface area contributed by atoms with E-state index >= 15 is 0 Å². The Balaban J connectivity index is 1.45. The van der Waals surface area contributed by atoms with Gasteiger partial charge in [-0.1, -0.05) is 0 Å². The van der Waals surface area contributed by atoms with E-state index in [1.54, 1.807) is 18.3 Å². The van der Waals surface area contributed by atoms with E-state index < -0.39 is 12.0 Å². The number of carbonyl (C=O) groups excluding carboxylic acids is 2. The molecule has 0 unspecified atom stereocenters. The molecule has 1 aromatic heterocycles. The Morgan fingerprint density at radius 3 is 2.90 bits per heavy atom. The molecule has 0 spiro atoms. The van der Waals surface area contributed by atoms with Crippen molar-refractivity contribution in [2.24, 2.45) is 0 Å². The first kappa shape index (κ1) is 19.6. The maximum atomic E-state index is 14.3. The lowest BCUT2D eigenvalue weighted by atomic mass is 10.0. The van der Waals surface area contributed by atoms with Crippen LogP contribution in [0.1, 0.15) is 43.9 Å². The zero-order valence-corrected chi connectivity index (χ0v) is 16.1. The molecular weight excluding hydrogens is 377 g/mol. The van der Waals surface area contributed by atoms with Crippen LogP contribution in [0.15, 0.2) is 30.5 Å². The lowest BCUT2D eigenvalue weighted by Crippen LogP contribution is -2.38. The largest absolute Gasteiger partial charge is 0.464 e. The summed E-state index contributed by atoms with van der Waals surface area (Å²) in [5.41, 5.74) is 2.13. The minimum atomic E-state index is -0.594. The lowest BCUT2D eigenvalue weighted by Gasteiger charge is -2.24. The summed E-state index contributed by atoms with van der Waals surface area (Å²) in [6.45, 7) is 1.03. The number of amides is 1. The fraction of sp³-hybridized carbons (Fsp3) is 0.476. The molecule has 0 radical (unpaired) electrons. The number of benzene rings is 1. The Labute approximate surface area is 168 Å². The van der Waals surface area contributed by atoms with Crippen molar-refractivity contribution in [1.82, 2.24) is 15.1 Å². The van der Waals surface area contributed by atoms with Crippen molar-refractivity contribution in [3.8, 4) is 11.3 Å². The molecule has 2 aliphatic heterocycles. The molecule has 154 valence electrons. The lowest BCUT2D eigenvalue weighted by molar-refractivity contribution is -0.141. The molecular formula is C21H24FN3O4. The fourth-order valence-electron chi connectivity index (χ4n) is 3.76. The van der Waals surface area contributed by atoms with Crippen molar-refractivity contribution in [2.75, 3.05) is 13.2 Å². The van der Waals surface area contributed by atoms with Gasteiger partial charge in [-0.05, 0) is 55.5 Å². The number of rotatable bonds is 6. The van der Waals surface area contributed by atoms with Crippen LogP contribution in [0.4, 0.5) is 4.39 Å². The molecule has 2 fully saturated rings. The quantitative estimate of drug-likeness (QED) is 0.753. The van der Waals surface area contributed by atoms with E-state index in [0.29, 0.717) is 25.2 Å². The van der Waals surface area contributed by atoms with Gasteiger partial charge in [-0.2, -0.15) is 5.10 Å². The number of hydrogen-bond donors (Lipinski definition) is 1. The Morgan fingerprint density at radius 1 is 1.24 bits per heavy atom. The van der Waals surface area contributed by atoms with E-state index in [1.165, 1.54) is 6.07 Å². The average Bonchev–Trinajstić information content (AvgIpc) is 3.38. The van der Waals surface area contributed by atoms with Gasteiger partial charge in [0.15, 0.2) is 6.23 Å². The normalized spacial score (nSPS) is 21.8. The maximum Gasteiger partial charge on any atom is 0.328 e. The van der Waals surface area contributed by atoms with Gasteiger partial charge in [-0.25, -0.2) is 13.9 Å². The maximum absolute atomic E-state index is 14.3. The van der Waals surface area contributed by atoms with E-state index in [9.17, 15) is 14.0 Å². The molecule has 2 saturated heterocycles. The number of esters is 1. The van der Waals surface area contributed by atoms with Crippen molar-refractivity contribution in [2.45, 2.75) is 50.8 Å². The van der Waals surface area contributed by atoms with Crippen LogP contribution < -0.4 is 5.32 Å². The van der Waals surface area contributed by atoms with Gasteiger partial charge in [0.05, 0.1) is 12.3 Å². The van der Waals surface area contributed by atoms with Gasteiger partial charge < -0.3 is 14.8 Å². The van der Waals surface area contributed by atoms with Crippen molar-refractivity contribution in [3.63, 3.8) is 0 Å². The molecule has 1 aromatic carbocycles. The molecule has 1 N–H and O–H groups in total. The third-order valence-corrected chi connectivity index (χ3v) is 5.33. The zero-order chi connectivity index (χ0) is 20.2. The third-order valence-electron chi connectivity index (χ3n) is 5.33. The van der Waals surface area contributed by atoms with E-state index in [-0.39, 0.29) is 30.8 Å². The summed E-state index contributed by atoms with van der Waals surface area (Å²) in [7, 11) is 0. The highest BCUT2D eigenvalue weighted by Gasteiger charge is 2.27. The van der Waals surface area contributed by atoms with Gasteiger partial charge in [0.2, 0.25) is 5.91 Å². The van der Waals surface area contributed by atoms with Gasteiger partial charge in [0, 0.05) is 31.2 Å². The van der Waals surface area contributed by atoms with Gasteiger partial charge in [-0.3, -0.25) is 4.79 Å². The number of aromatic nitrogens is 2. The van der Waals surface area contributed by atoms with Crippen LogP contribution in [-0.4, -0.2) is 40.9 Å². The topological polar surface area (TPSA) is 82.5 Å². The van der Waals surface area contributed by atoms with E-state index in [2.05, 4.69) is 10.4 Å². The number of hydrogen-bond acceptors (Lipinski definition) is 5. The van der Waals surface area contributed by atoms with Crippen LogP contribution in [0, 0.1) is 5.82 Å². The predicted molar refractivity (Wildman–Crippen MR) is 102 cm³/mol. The van der Waals surface area contributed by atoms with Crippen LogP contribution >= 0.6 is 0 Å². The van der Waals surface area contributed by atoms with Crippen LogP contribution in [0.3, 0.4) is 0 Å². The Hall–Kier alpha value is -2.74. The minimum absolute atomic E-state index is 0.0924. The van der Waals surface area contributed by atoms with Gasteiger partial charge in [-0.15, -0.1) is 0 Å². The fourth-order valence-corrected chi connectivity index (χ4v) is 3.76. The second-order valence-corrected chi connectivity index (χ2v) is 7.36. The summed E-state index contributed by atoms with van der Waals surface area (Å²) in [5.74, 6) is -1.06. The Morgan fingerprint density at radius 2 is 2.14 bits per heavy atom. The number of halogens is 1. The van der Waals surface area contributed by atoms with Crippen molar-refractivity contribution in [3.05, 3.63) is 41.8 Å². The molecule has 29 heavy (non-hydrogen) atoms. The highest BCUT2D eigenvalue weighted by Crippen LogP contribution is 2.29. The summed E-state index contributed by atoms with van der Waals surface area (Å²) >= 11 is 0. The van der Waals surface area contributed by atoms with Gasteiger partial charge in [0.25, 0.3) is 0 Å². The van der Waals surface area contributed by atoms with E-state index in [1.807, 2.05) is 10.7 Å². The summed E-state index contributed by atoms with van der Waals surface area (Å²) in [6.07, 6.45) is 5.44. The first-order chi connectivity index (χ1) is 14.1. The first-order valence-corrected chi connectivity index (χ1v) is 10.0. The zero-order valence-electron chi connectivity index (χ0n) is 16.1. The highest BCUT2D eigenvalue weighted by atomic mass is 19.1. The molecule has 4 rings (SSSR count). The predicted octanol–water partition coefficient (Wildman–Crippen LogP) is 2.75. The average molecular weight is 401 g/mol. The molecule has 0 aliphatic carbocycles. The van der Waals surface area contributed by atoms with Crippen LogP contribution in [0.25, 0.3) is 11.3 Å². The molecule has 1 amide bonds. The first-order valence-electron chi connectivity index (χ1n) is 10.0. The number of aryl methyl sites for hydroxylation is 1. The summed E-state index contributed by atoms with van der Waals surface area (Å²) in [5, 5.41) is 7.04. The monoisotopic (exact) mass is 401 g/mol. The second kappa shape index (κ2) is 8.73. The molecule has 0 saturated carbocycles.